The van der Waals surface area contributed by atoms with E-state index in [0.717, 1.165) is 16.8 Å². The van der Waals surface area contributed by atoms with Crippen LogP contribution in [0.2, 0.25) is 0 Å². The first-order valence-corrected chi connectivity index (χ1v) is 9.15. The smallest absolute Gasteiger partial charge is 0.238 e. The zero-order valence-corrected chi connectivity index (χ0v) is 16.7. The Morgan fingerprint density at radius 1 is 1.30 bits per heavy atom. The summed E-state index contributed by atoms with van der Waals surface area (Å²) in [6.45, 7) is 6.57. The second-order valence-corrected chi connectivity index (χ2v) is 7.27. The Balaban J connectivity index is 0.00000261. The zero-order valence-electron chi connectivity index (χ0n) is 15.9. The molecule has 0 aliphatic carbocycles. The summed E-state index contributed by atoms with van der Waals surface area (Å²) in [4.78, 5) is 17.3. The Kier molecular flexibility index (Phi) is 7.33. The van der Waals surface area contributed by atoms with E-state index in [-0.39, 0.29) is 37.3 Å². The van der Waals surface area contributed by atoms with Gasteiger partial charge in [-0.3, -0.25) is 9.78 Å². The standard InChI is InChI=1S/C21H26FN3O.ClH/c1-13(2)17-12-24-18(9-14(17)3)20(15-7-5-4-6-8-15)25-21(26)19-10-16(22)11-23-19;/h4-9,12-13,16,19-20,23H,10-11H2,1-3H3,(H,25,26);1H. The van der Waals surface area contributed by atoms with Crippen LogP contribution in [0.25, 0.3) is 0 Å². The number of halogens is 2. The van der Waals surface area contributed by atoms with E-state index in [1.165, 1.54) is 5.56 Å². The number of nitrogens with one attached hydrogen (secondary N) is 2. The first kappa shape index (κ1) is 21.3. The molecule has 4 nitrogen and oxygen atoms in total. The molecule has 3 unspecified atom stereocenters. The maximum atomic E-state index is 13.4. The molecule has 0 radical (unpaired) electrons. The SMILES string of the molecule is Cc1cc(C(NC(=O)C2CC(F)CN2)c2ccccc2)ncc1C(C)C.Cl. The molecule has 0 saturated carbocycles. The van der Waals surface area contributed by atoms with Gasteiger partial charge in [0.15, 0.2) is 0 Å². The lowest BCUT2D eigenvalue weighted by atomic mass is 9.96. The average Bonchev–Trinajstić information content (AvgIpc) is 3.06. The Morgan fingerprint density at radius 3 is 2.56 bits per heavy atom. The van der Waals surface area contributed by atoms with E-state index in [9.17, 15) is 9.18 Å². The molecule has 6 heteroatoms. The molecular weight excluding hydrogens is 365 g/mol. The summed E-state index contributed by atoms with van der Waals surface area (Å²) < 4.78 is 13.4. The number of aryl methyl sites for hydroxylation is 1. The molecular formula is C21H27ClFN3O. The van der Waals surface area contributed by atoms with Crippen LogP contribution in [0.1, 0.15) is 54.6 Å². The van der Waals surface area contributed by atoms with Gasteiger partial charge in [0.25, 0.3) is 0 Å². The van der Waals surface area contributed by atoms with Crippen LogP contribution in [0.15, 0.2) is 42.6 Å². The highest BCUT2D eigenvalue weighted by Crippen LogP contribution is 2.25. The van der Waals surface area contributed by atoms with Gasteiger partial charge in [0.1, 0.15) is 6.17 Å². The number of alkyl halides is 1. The molecule has 0 bridgehead atoms. The van der Waals surface area contributed by atoms with Gasteiger partial charge < -0.3 is 10.6 Å². The number of amides is 1. The molecule has 146 valence electrons. The van der Waals surface area contributed by atoms with E-state index in [4.69, 9.17) is 0 Å². The Hall–Kier alpha value is -1.98. The number of hydrogen-bond donors (Lipinski definition) is 2. The van der Waals surface area contributed by atoms with Crippen molar-refractivity contribution in [2.45, 2.75) is 51.4 Å². The third-order valence-electron chi connectivity index (χ3n) is 4.90. The van der Waals surface area contributed by atoms with Crippen molar-refractivity contribution in [3.8, 4) is 0 Å². The molecule has 3 rings (SSSR count). The third kappa shape index (κ3) is 5.05. The Bertz CT molecular complexity index is 769. The molecule has 2 aromatic rings. The lowest BCUT2D eigenvalue weighted by Crippen LogP contribution is -2.42. The minimum atomic E-state index is -0.966. The van der Waals surface area contributed by atoms with Crippen LogP contribution in [0.3, 0.4) is 0 Å². The van der Waals surface area contributed by atoms with Gasteiger partial charge in [-0.05, 0) is 35.6 Å². The fourth-order valence-electron chi connectivity index (χ4n) is 3.46. The van der Waals surface area contributed by atoms with Crippen molar-refractivity contribution in [1.29, 1.82) is 0 Å². The van der Waals surface area contributed by atoms with E-state index in [0.29, 0.717) is 5.92 Å². The number of carbonyl (C=O) groups is 1. The van der Waals surface area contributed by atoms with Crippen LogP contribution in [-0.4, -0.2) is 29.6 Å². The molecule has 2 N–H and O–H groups in total. The summed E-state index contributed by atoms with van der Waals surface area (Å²) in [6, 6.07) is 10.9. The number of hydrogen-bond acceptors (Lipinski definition) is 3. The van der Waals surface area contributed by atoms with E-state index >= 15 is 0 Å². The molecule has 1 amide bonds. The van der Waals surface area contributed by atoms with Crippen molar-refractivity contribution in [2.75, 3.05) is 6.54 Å². The van der Waals surface area contributed by atoms with Crippen LogP contribution in [-0.2, 0) is 4.79 Å². The lowest BCUT2D eigenvalue weighted by Gasteiger charge is -2.22. The van der Waals surface area contributed by atoms with Gasteiger partial charge >= 0.3 is 0 Å². The predicted molar refractivity (Wildman–Crippen MR) is 108 cm³/mol. The van der Waals surface area contributed by atoms with Gasteiger partial charge in [0, 0.05) is 19.2 Å². The molecule has 1 saturated heterocycles. The van der Waals surface area contributed by atoms with Crippen molar-refractivity contribution in [3.63, 3.8) is 0 Å². The highest BCUT2D eigenvalue weighted by Gasteiger charge is 2.31. The van der Waals surface area contributed by atoms with Crippen LogP contribution in [0, 0.1) is 6.92 Å². The summed E-state index contributed by atoms with van der Waals surface area (Å²) in [5.41, 5.74) is 4.11. The minimum Gasteiger partial charge on any atom is -0.342 e. The van der Waals surface area contributed by atoms with Crippen molar-refractivity contribution in [2.24, 2.45) is 0 Å². The number of nitrogens with zero attached hydrogens (tertiary/aromatic N) is 1. The van der Waals surface area contributed by atoms with E-state index in [2.05, 4.69) is 36.4 Å². The monoisotopic (exact) mass is 391 g/mol. The van der Waals surface area contributed by atoms with Crippen molar-refractivity contribution in [1.82, 2.24) is 15.6 Å². The average molecular weight is 392 g/mol. The molecule has 0 spiro atoms. The highest BCUT2D eigenvalue weighted by atomic mass is 35.5. The quantitative estimate of drug-likeness (QED) is 0.814. The van der Waals surface area contributed by atoms with Gasteiger partial charge in [0.2, 0.25) is 5.91 Å². The summed E-state index contributed by atoms with van der Waals surface area (Å²) in [7, 11) is 0. The number of pyridine rings is 1. The van der Waals surface area contributed by atoms with Gasteiger partial charge in [-0.25, -0.2) is 4.39 Å². The molecule has 1 aliphatic rings. The fraction of sp³-hybridized carbons (Fsp3) is 0.429. The number of aromatic nitrogens is 1. The third-order valence-corrected chi connectivity index (χ3v) is 4.90. The molecule has 3 atom stereocenters. The molecule has 2 heterocycles. The van der Waals surface area contributed by atoms with Crippen LogP contribution in [0.4, 0.5) is 4.39 Å². The maximum absolute atomic E-state index is 13.4. The first-order valence-electron chi connectivity index (χ1n) is 9.15. The van der Waals surface area contributed by atoms with Crippen LogP contribution >= 0.6 is 12.4 Å². The van der Waals surface area contributed by atoms with E-state index in [1.807, 2.05) is 42.6 Å². The van der Waals surface area contributed by atoms with Crippen molar-refractivity contribution >= 4 is 18.3 Å². The van der Waals surface area contributed by atoms with Gasteiger partial charge in [0.05, 0.1) is 17.8 Å². The number of benzene rings is 1. The topological polar surface area (TPSA) is 54.0 Å². The van der Waals surface area contributed by atoms with Crippen molar-refractivity contribution < 1.29 is 9.18 Å². The Labute approximate surface area is 166 Å². The highest BCUT2D eigenvalue weighted by molar-refractivity contribution is 5.85. The fourth-order valence-corrected chi connectivity index (χ4v) is 3.46. The van der Waals surface area contributed by atoms with E-state index in [1.54, 1.807) is 0 Å². The summed E-state index contributed by atoms with van der Waals surface area (Å²) >= 11 is 0. The summed E-state index contributed by atoms with van der Waals surface area (Å²) in [5.74, 6) is 0.205. The van der Waals surface area contributed by atoms with Gasteiger partial charge in [-0.2, -0.15) is 0 Å². The first-order chi connectivity index (χ1) is 12.5. The lowest BCUT2D eigenvalue weighted by molar-refractivity contribution is -0.123. The molecule has 1 fully saturated rings. The molecule has 27 heavy (non-hydrogen) atoms. The van der Waals surface area contributed by atoms with Crippen LogP contribution < -0.4 is 10.6 Å². The molecule has 1 aliphatic heterocycles. The summed E-state index contributed by atoms with van der Waals surface area (Å²) in [6.07, 6.45) is 1.14. The second kappa shape index (κ2) is 9.29. The second-order valence-electron chi connectivity index (χ2n) is 7.27. The minimum absolute atomic E-state index is 0. The number of carbonyl (C=O) groups excluding carboxylic acids is 1. The van der Waals surface area contributed by atoms with Gasteiger partial charge in [-0.1, -0.05) is 44.2 Å². The Morgan fingerprint density at radius 2 is 2.00 bits per heavy atom. The largest absolute Gasteiger partial charge is 0.342 e. The van der Waals surface area contributed by atoms with Crippen molar-refractivity contribution in [3.05, 3.63) is 65.0 Å². The zero-order chi connectivity index (χ0) is 18.7. The van der Waals surface area contributed by atoms with Gasteiger partial charge in [-0.15, -0.1) is 12.4 Å². The number of rotatable bonds is 5. The molecule has 1 aromatic carbocycles. The molecule has 1 aromatic heterocycles. The van der Waals surface area contributed by atoms with Crippen LogP contribution in [0.5, 0.6) is 0 Å². The normalized spacial score (nSPS) is 20.2. The van der Waals surface area contributed by atoms with E-state index < -0.39 is 12.2 Å². The maximum Gasteiger partial charge on any atom is 0.238 e. The summed E-state index contributed by atoms with van der Waals surface area (Å²) in [5, 5.41) is 6.00. The predicted octanol–water partition coefficient (Wildman–Crippen LogP) is 3.84.